The van der Waals surface area contributed by atoms with Gasteiger partial charge in [-0.15, -0.1) is 0 Å². The van der Waals surface area contributed by atoms with E-state index in [4.69, 9.17) is 5.11 Å². The number of benzene rings is 1. The molecule has 0 saturated carbocycles. The van der Waals surface area contributed by atoms with Crippen molar-refractivity contribution in [3.63, 3.8) is 0 Å². The maximum atomic E-state index is 13.5. The summed E-state index contributed by atoms with van der Waals surface area (Å²) in [6.07, 6.45) is 0. The van der Waals surface area contributed by atoms with E-state index in [1.807, 2.05) is 6.92 Å². The van der Waals surface area contributed by atoms with Crippen molar-refractivity contribution in [2.75, 3.05) is 25.0 Å². The predicted molar refractivity (Wildman–Crippen MR) is 74.2 cm³/mol. The maximum absolute atomic E-state index is 13.5. The molecule has 0 aliphatic heterocycles. The second-order valence-corrected chi connectivity index (χ2v) is 4.50. The molecule has 0 saturated heterocycles. The van der Waals surface area contributed by atoms with Gasteiger partial charge in [0.15, 0.2) is 0 Å². The number of rotatable bonds is 7. The van der Waals surface area contributed by atoms with Crippen LogP contribution in [0.5, 0.6) is 0 Å². The highest BCUT2D eigenvalue weighted by Gasteiger charge is 2.17. The third-order valence-corrected chi connectivity index (χ3v) is 3.06. The molecule has 2 N–H and O–H groups in total. The summed E-state index contributed by atoms with van der Waals surface area (Å²) >= 11 is 0. The molecule has 1 aromatic carbocycles. The minimum atomic E-state index is -1.25. The highest BCUT2D eigenvalue weighted by molar-refractivity contribution is 5.94. The number of likely N-dealkylation sites (N-methyl/N-ethyl adjacent to an activating group) is 1. The summed E-state index contributed by atoms with van der Waals surface area (Å²) in [6.45, 7) is 8.73. The SMILES string of the molecule is CCN(CC)CC(C)Nc1cccc(F)c1C(=O)O. The number of carboxylic acids is 1. The molecular weight excluding hydrogens is 247 g/mol. The lowest BCUT2D eigenvalue weighted by atomic mass is 10.1. The van der Waals surface area contributed by atoms with E-state index in [1.54, 1.807) is 6.07 Å². The van der Waals surface area contributed by atoms with Gasteiger partial charge in [0.25, 0.3) is 0 Å². The fourth-order valence-corrected chi connectivity index (χ4v) is 2.04. The fourth-order valence-electron chi connectivity index (χ4n) is 2.04. The number of anilines is 1. The first-order valence-corrected chi connectivity index (χ1v) is 6.50. The zero-order valence-corrected chi connectivity index (χ0v) is 11.6. The van der Waals surface area contributed by atoms with E-state index in [1.165, 1.54) is 6.07 Å². The van der Waals surface area contributed by atoms with E-state index in [0.717, 1.165) is 25.7 Å². The number of hydrogen-bond donors (Lipinski definition) is 2. The molecule has 1 unspecified atom stereocenters. The molecule has 0 radical (unpaired) electrons. The Bertz CT molecular complexity index is 433. The molecule has 0 bridgehead atoms. The van der Waals surface area contributed by atoms with E-state index >= 15 is 0 Å². The molecule has 5 heteroatoms. The van der Waals surface area contributed by atoms with Gasteiger partial charge in [0.1, 0.15) is 11.4 Å². The van der Waals surface area contributed by atoms with Gasteiger partial charge in [0, 0.05) is 12.6 Å². The second-order valence-electron chi connectivity index (χ2n) is 4.50. The van der Waals surface area contributed by atoms with Gasteiger partial charge in [-0.05, 0) is 32.1 Å². The van der Waals surface area contributed by atoms with Crippen molar-refractivity contribution in [1.82, 2.24) is 4.90 Å². The standard InChI is InChI=1S/C14H21FN2O2/c1-4-17(5-2)9-10(3)16-12-8-6-7-11(15)13(12)14(18)19/h6-8,10,16H,4-5,9H2,1-3H3,(H,18,19). The lowest BCUT2D eigenvalue weighted by molar-refractivity contribution is 0.0693. The molecule has 0 aromatic heterocycles. The zero-order chi connectivity index (χ0) is 14.4. The van der Waals surface area contributed by atoms with Crippen LogP contribution in [0.15, 0.2) is 18.2 Å². The minimum absolute atomic E-state index is 0.0415. The molecular formula is C14H21FN2O2. The first kappa shape index (κ1) is 15.4. The number of halogens is 1. The van der Waals surface area contributed by atoms with E-state index in [2.05, 4.69) is 24.1 Å². The van der Waals surface area contributed by atoms with Gasteiger partial charge < -0.3 is 15.3 Å². The monoisotopic (exact) mass is 268 g/mol. The molecule has 1 rings (SSSR count). The van der Waals surface area contributed by atoms with Crippen LogP contribution < -0.4 is 5.32 Å². The minimum Gasteiger partial charge on any atom is -0.478 e. The van der Waals surface area contributed by atoms with Crippen molar-refractivity contribution in [1.29, 1.82) is 0 Å². The van der Waals surface area contributed by atoms with Gasteiger partial charge in [-0.25, -0.2) is 9.18 Å². The molecule has 1 atom stereocenters. The number of nitrogens with one attached hydrogen (secondary N) is 1. The first-order valence-electron chi connectivity index (χ1n) is 6.50. The summed E-state index contributed by atoms with van der Waals surface area (Å²) < 4.78 is 13.5. The van der Waals surface area contributed by atoms with Crippen LogP contribution in [0, 0.1) is 5.82 Å². The van der Waals surface area contributed by atoms with Crippen molar-refractivity contribution in [3.8, 4) is 0 Å². The molecule has 4 nitrogen and oxygen atoms in total. The van der Waals surface area contributed by atoms with Crippen molar-refractivity contribution >= 4 is 11.7 Å². The van der Waals surface area contributed by atoms with Crippen LogP contribution in [0.3, 0.4) is 0 Å². The Morgan fingerprint density at radius 1 is 1.42 bits per heavy atom. The maximum Gasteiger partial charge on any atom is 0.340 e. The smallest absolute Gasteiger partial charge is 0.340 e. The van der Waals surface area contributed by atoms with Gasteiger partial charge in [0.2, 0.25) is 0 Å². The Morgan fingerprint density at radius 2 is 2.05 bits per heavy atom. The Hall–Kier alpha value is -1.62. The average Bonchev–Trinajstić information content (AvgIpc) is 2.35. The van der Waals surface area contributed by atoms with Gasteiger partial charge in [0.05, 0.1) is 5.69 Å². The van der Waals surface area contributed by atoms with Crippen molar-refractivity contribution in [2.24, 2.45) is 0 Å². The summed E-state index contributed by atoms with van der Waals surface area (Å²) in [4.78, 5) is 13.3. The lowest BCUT2D eigenvalue weighted by Crippen LogP contribution is -2.35. The number of aromatic carboxylic acids is 1. The molecule has 0 spiro atoms. The van der Waals surface area contributed by atoms with Crippen LogP contribution in [0.1, 0.15) is 31.1 Å². The van der Waals surface area contributed by atoms with Crippen LogP contribution in [-0.2, 0) is 0 Å². The largest absolute Gasteiger partial charge is 0.478 e. The molecule has 0 heterocycles. The lowest BCUT2D eigenvalue weighted by Gasteiger charge is -2.24. The molecule has 0 aliphatic carbocycles. The summed E-state index contributed by atoms with van der Waals surface area (Å²) in [5.74, 6) is -1.97. The quantitative estimate of drug-likeness (QED) is 0.798. The highest BCUT2D eigenvalue weighted by atomic mass is 19.1. The fraction of sp³-hybridized carbons (Fsp3) is 0.500. The van der Waals surface area contributed by atoms with E-state index in [-0.39, 0.29) is 11.6 Å². The van der Waals surface area contributed by atoms with Crippen LogP contribution >= 0.6 is 0 Å². The van der Waals surface area contributed by atoms with Crippen LogP contribution in [0.4, 0.5) is 10.1 Å². The van der Waals surface area contributed by atoms with Crippen LogP contribution in [-0.4, -0.2) is 41.7 Å². The summed E-state index contributed by atoms with van der Waals surface area (Å²) in [7, 11) is 0. The Morgan fingerprint density at radius 3 is 2.58 bits per heavy atom. The van der Waals surface area contributed by atoms with Gasteiger partial charge in [-0.2, -0.15) is 0 Å². The normalized spacial score (nSPS) is 12.5. The third-order valence-electron chi connectivity index (χ3n) is 3.06. The summed E-state index contributed by atoms with van der Waals surface area (Å²) in [5, 5.41) is 12.1. The summed E-state index contributed by atoms with van der Waals surface area (Å²) in [6, 6.07) is 4.29. The van der Waals surface area contributed by atoms with Gasteiger partial charge in [-0.1, -0.05) is 19.9 Å². The topological polar surface area (TPSA) is 52.6 Å². The van der Waals surface area contributed by atoms with Gasteiger partial charge in [-0.3, -0.25) is 0 Å². The molecule has 0 amide bonds. The van der Waals surface area contributed by atoms with E-state index in [9.17, 15) is 9.18 Å². The molecule has 0 fully saturated rings. The number of nitrogens with zero attached hydrogens (tertiary/aromatic N) is 1. The van der Waals surface area contributed by atoms with E-state index < -0.39 is 11.8 Å². The molecule has 19 heavy (non-hydrogen) atoms. The number of carboxylic acid groups (broad SMARTS) is 1. The zero-order valence-electron chi connectivity index (χ0n) is 11.6. The Kier molecular flexibility index (Phi) is 5.76. The van der Waals surface area contributed by atoms with Crippen molar-refractivity contribution < 1.29 is 14.3 Å². The number of hydrogen-bond acceptors (Lipinski definition) is 3. The second kappa shape index (κ2) is 7.09. The number of carbonyl (C=O) groups is 1. The van der Waals surface area contributed by atoms with Crippen molar-refractivity contribution in [3.05, 3.63) is 29.6 Å². The Labute approximate surface area is 113 Å². The summed E-state index contributed by atoms with van der Waals surface area (Å²) in [5.41, 5.74) is 0.0288. The van der Waals surface area contributed by atoms with E-state index in [0.29, 0.717) is 5.69 Å². The van der Waals surface area contributed by atoms with Crippen LogP contribution in [0.2, 0.25) is 0 Å². The first-order chi connectivity index (χ1) is 8.99. The molecule has 1 aromatic rings. The van der Waals surface area contributed by atoms with Crippen LogP contribution in [0.25, 0.3) is 0 Å². The van der Waals surface area contributed by atoms with Crippen molar-refractivity contribution in [2.45, 2.75) is 26.8 Å². The highest BCUT2D eigenvalue weighted by Crippen LogP contribution is 2.19. The average molecular weight is 268 g/mol. The molecule has 106 valence electrons. The molecule has 0 aliphatic rings. The van der Waals surface area contributed by atoms with Gasteiger partial charge >= 0.3 is 5.97 Å². The third kappa shape index (κ3) is 4.21. The predicted octanol–water partition coefficient (Wildman–Crippen LogP) is 2.67. The Balaban J connectivity index is 2.82.